The molecule has 1 N–H and O–H groups in total. The summed E-state index contributed by atoms with van der Waals surface area (Å²) in [5.41, 5.74) is 0. The number of carboxylic acids is 1. The van der Waals surface area contributed by atoms with Crippen molar-refractivity contribution in [2.24, 2.45) is 0 Å². The maximum absolute atomic E-state index is 12.2. The first-order valence-corrected chi connectivity index (χ1v) is 7.88. The van der Waals surface area contributed by atoms with Crippen molar-refractivity contribution in [3.8, 4) is 0 Å². The molecule has 0 aliphatic heterocycles. The summed E-state index contributed by atoms with van der Waals surface area (Å²) in [6, 6.07) is -0.354. The first-order chi connectivity index (χ1) is 10.3. The summed E-state index contributed by atoms with van der Waals surface area (Å²) < 4.78 is 1.17. The van der Waals surface area contributed by atoms with E-state index in [1.807, 2.05) is 13.8 Å². The lowest BCUT2D eigenvalue weighted by Crippen LogP contribution is -2.29. The molecule has 0 radical (unpaired) electrons. The predicted molar refractivity (Wildman–Crippen MR) is 85.3 cm³/mol. The number of amides is 1. The second-order valence-corrected chi connectivity index (χ2v) is 6.29. The summed E-state index contributed by atoms with van der Waals surface area (Å²) in [5.74, 6) is -0.331. The van der Waals surface area contributed by atoms with Crippen LogP contribution in [0.5, 0.6) is 0 Å². The zero-order chi connectivity index (χ0) is 16.9. The Morgan fingerprint density at radius 3 is 2.59 bits per heavy atom. The maximum atomic E-state index is 12.2. The lowest BCUT2D eigenvalue weighted by Gasteiger charge is -2.13. The van der Waals surface area contributed by atoms with Crippen LogP contribution in [0.25, 0.3) is 0 Å². The number of carbonyl (C=O) groups excluding carboxylic acids is 1. The fourth-order valence-electron chi connectivity index (χ4n) is 1.57. The molecule has 7 nitrogen and oxygen atoms in total. The van der Waals surface area contributed by atoms with Gasteiger partial charge in [0.15, 0.2) is 11.0 Å². The van der Waals surface area contributed by atoms with E-state index in [-0.39, 0.29) is 18.4 Å². The van der Waals surface area contributed by atoms with Crippen LogP contribution in [0.15, 0.2) is 17.8 Å². The lowest BCUT2D eigenvalue weighted by atomic mass is 10.1. The molecule has 1 amide bonds. The topological polar surface area (TPSA) is 88.3 Å². The fraction of sp³-hybridized carbons (Fsp3) is 0.571. The van der Waals surface area contributed by atoms with Crippen LogP contribution in [0.3, 0.4) is 0 Å². The van der Waals surface area contributed by atoms with Gasteiger partial charge >= 0.3 is 12.0 Å². The maximum Gasteiger partial charge on any atom is 0.346 e. The van der Waals surface area contributed by atoms with Gasteiger partial charge in [-0.2, -0.15) is 4.68 Å². The third kappa shape index (κ3) is 4.33. The molecule has 1 heterocycles. The molecule has 0 saturated heterocycles. The van der Waals surface area contributed by atoms with Crippen LogP contribution in [0.1, 0.15) is 38.4 Å². The second kappa shape index (κ2) is 7.98. The fourth-order valence-corrected chi connectivity index (χ4v) is 2.53. The summed E-state index contributed by atoms with van der Waals surface area (Å²) >= 11 is 1.01. The van der Waals surface area contributed by atoms with Crippen molar-refractivity contribution < 1.29 is 14.7 Å². The zero-order valence-corrected chi connectivity index (χ0v) is 14.1. The number of allylic oxidation sites excluding steroid dienone is 1. The Bertz CT molecular complexity index is 556. The molecule has 0 fully saturated rings. The number of aromatic nitrogens is 3. The van der Waals surface area contributed by atoms with Gasteiger partial charge in [-0.25, -0.2) is 9.78 Å². The van der Waals surface area contributed by atoms with Crippen molar-refractivity contribution in [3.05, 3.63) is 18.5 Å². The first-order valence-electron chi connectivity index (χ1n) is 7.00. The normalized spacial score (nSPS) is 13.5. The highest BCUT2D eigenvalue weighted by Gasteiger charge is 2.25. The zero-order valence-electron chi connectivity index (χ0n) is 13.3. The molecule has 0 aromatic carbocycles. The summed E-state index contributed by atoms with van der Waals surface area (Å²) in [4.78, 5) is 29.2. The molecule has 1 aromatic heterocycles. The summed E-state index contributed by atoms with van der Waals surface area (Å²) in [6.45, 7) is 7.53. The molecule has 0 spiro atoms. The molecule has 8 heteroatoms. The summed E-state index contributed by atoms with van der Waals surface area (Å²) in [7, 11) is 3.22. The largest absolute Gasteiger partial charge is 0.480 e. The van der Waals surface area contributed by atoms with E-state index in [1.54, 1.807) is 14.1 Å². The molecule has 0 saturated carbocycles. The number of aliphatic carboxylic acids is 1. The monoisotopic (exact) mass is 326 g/mol. The van der Waals surface area contributed by atoms with Gasteiger partial charge in [-0.1, -0.05) is 31.7 Å². The minimum absolute atomic E-state index is 0.0956. The number of carbonyl (C=O) groups is 2. The minimum Gasteiger partial charge on any atom is -0.480 e. The average Bonchev–Trinajstić information content (AvgIpc) is 2.88. The van der Waals surface area contributed by atoms with Gasteiger partial charge in [0, 0.05) is 20.0 Å². The van der Waals surface area contributed by atoms with Gasteiger partial charge in [0.05, 0.1) is 0 Å². The smallest absolute Gasteiger partial charge is 0.346 e. The molecule has 2 unspecified atom stereocenters. The molecule has 0 aliphatic carbocycles. The Morgan fingerprint density at radius 2 is 2.14 bits per heavy atom. The molecule has 22 heavy (non-hydrogen) atoms. The van der Waals surface area contributed by atoms with E-state index in [1.165, 1.54) is 15.7 Å². The van der Waals surface area contributed by atoms with Gasteiger partial charge in [0.2, 0.25) is 0 Å². The predicted octanol–water partition coefficient (Wildman–Crippen LogP) is 2.44. The molecule has 122 valence electrons. The van der Waals surface area contributed by atoms with Gasteiger partial charge in [-0.3, -0.25) is 4.79 Å². The molecule has 1 aromatic rings. The van der Waals surface area contributed by atoms with Gasteiger partial charge < -0.3 is 10.0 Å². The molecule has 1 rings (SSSR count). The number of carboxylic acid groups (broad SMARTS) is 1. The van der Waals surface area contributed by atoms with Crippen molar-refractivity contribution in [2.45, 2.75) is 43.0 Å². The number of thioether (sulfide) groups is 1. The molecular weight excluding hydrogens is 304 g/mol. The van der Waals surface area contributed by atoms with Crippen LogP contribution in [0.4, 0.5) is 4.79 Å². The molecule has 0 bridgehead atoms. The van der Waals surface area contributed by atoms with Gasteiger partial charge in [0.1, 0.15) is 5.25 Å². The first kappa shape index (κ1) is 18.2. The Hall–Kier alpha value is -1.83. The average molecular weight is 326 g/mol. The van der Waals surface area contributed by atoms with Crippen LogP contribution >= 0.6 is 11.8 Å². The third-order valence-corrected chi connectivity index (χ3v) is 4.27. The van der Waals surface area contributed by atoms with Crippen molar-refractivity contribution >= 4 is 23.8 Å². The van der Waals surface area contributed by atoms with E-state index >= 15 is 0 Å². The third-order valence-electron chi connectivity index (χ3n) is 3.11. The van der Waals surface area contributed by atoms with E-state index < -0.39 is 11.2 Å². The Kier molecular flexibility index (Phi) is 6.61. The van der Waals surface area contributed by atoms with E-state index in [0.29, 0.717) is 11.0 Å². The number of hydrogen-bond acceptors (Lipinski definition) is 5. The molecular formula is C14H22N4O3S. The highest BCUT2D eigenvalue weighted by molar-refractivity contribution is 8.00. The van der Waals surface area contributed by atoms with Gasteiger partial charge in [0.25, 0.3) is 0 Å². The minimum atomic E-state index is -0.971. The second-order valence-electron chi connectivity index (χ2n) is 5.12. The van der Waals surface area contributed by atoms with Crippen LogP contribution in [0.2, 0.25) is 0 Å². The SMILES string of the molecule is C=CCC(Sc1nc(C(C)CC)nn1C(=O)N(C)C)C(=O)O. The van der Waals surface area contributed by atoms with Crippen molar-refractivity contribution in [2.75, 3.05) is 14.1 Å². The standard InChI is InChI=1S/C14H22N4O3S/c1-6-8-10(12(19)20)22-13-15-11(9(3)7-2)16-18(13)14(21)17(4)5/h6,9-10H,1,7-8H2,2-5H3,(H,19,20). The van der Waals surface area contributed by atoms with Crippen molar-refractivity contribution in [3.63, 3.8) is 0 Å². The lowest BCUT2D eigenvalue weighted by molar-refractivity contribution is -0.136. The number of nitrogens with zero attached hydrogens (tertiary/aromatic N) is 4. The van der Waals surface area contributed by atoms with E-state index in [2.05, 4.69) is 16.7 Å². The van der Waals surface area contributed by atoms with Gasteiger partial charge in [-0.15, -0.1) is 11.7 Å². The highest BCUT2D eigenvalue weighted by atomic mass is 32.2. The van der Waals surface area contributed by atoms with E-state index in [0.717, 1.165) is 18.2 Å². The Morgan fingerprint density at radius 1 is 1.50 bits per heavy atom. The van der Waals surface area contributed by atoms with E-state index in [4.69, 9.17) is 0 Å². The van der Waals surface area contributed by atoms with Crippen molar-refractivity contribution in [1.29, 1.82) is 0 Å². The number of rotatable bonds is 7. The summed E-state index contributed by atoms with van der Waals surface area (Å²) in [6.07, 6.45) is 2.65. The molecule has 2 atom stereocenters. The van der Waals surface area contributed by atoms with Crippen LogP contribution < -0.4 is 0 Å². The quantitative estimate of drug-likeness (QED) is 0.611. The van der Waals surface area contributed by atoms with E-state index in [9.17, 15) is 14.7 Å². The number of hydrogen-bond donors (Lipinski definition) is 1. The van der Waals surface area contributed by atoms with Crippen LogP contribution in [-0.4, -0.2) is 56.1 Å². The van der Waals surface area contributed by atoms with Gasteiger partial charge in [-0.05, 0) is 12.8 Å². The molecule has 0 aliphatic rings. The van der Waals surface area contributed by atoms with Crippen LogP contribution in [0, 0.1) is 0 Å². The van der Waals surface area contributed by atoms with Crippen LogP contribution in [-0.2, 0) is 4.79 Å². The Labute approximate surface area is 134 Å². The highest BCUT2D eigenvalue weighted by Crippen LogP contribution is 2.27. The summed E-state index contributed by atoms with van der Waals surface area (Å²) in [5, 5.41) is 13.0. The Balaban J connectivity index is 3.19. The van der Waals surface area contributed by atoms with Crippen molar-refractivity contribution in [1.82, 2.24) is 19.7 Å².